The minimum Gasteiger partial charge on any atom is -0.445 e. The molecule has 1 N–H and O–H groups in total. The van der Waals surface area contributed by atoms with Gasteiger partial charge in [0, 0.05) is 19.1 Å². The highest BCUT2D eigenvalue weighted by atomic mass is 16.6. The van der Waals surface area contributed by atoms with E-state index in [-0.39, 0.29) is 24.5 Å². The van der Waals surface area contributed by atoms with Crippen molar-refractivity contribution in [3.05, 3.63) is 35.9 Å². The van der Waals surface area contributed by atoms with E-state index >= 15 is 0 Å². The predicted octanol–water partition coefficient (Wildman–Crippen LogP) is 3.09. The van der Waals surface area contributed by atoms with E-state index in [1.165, 1.54) is 12.8 Å². The number of hydrogen-bond acceptors (Lipinski definition) is 3. The van der Waals surface area contributed by atoms with Crippen LogP contribution in [0.3, 0.4) is 0 Å². The van der Waals surface area contributed by atoms with Gasteiger partial charge >= 0.3 is 6.09 Å². The van der Waals surface area contributed by atoms with Gasteiger partial charge in [0.2, 0.25) is 5.91 Å². The average molecular weight is 330 g/mol. The molecular formula is C19H26N2O3. The minimum atomic E-state index is -0.322. The van der Waals surface area contributed by atoms with Gasteiger partial charge in [-0.25, -0.2) is 4.79 Å². The molecule has 130 valence electrons. The summed E-state index contributed by atoms with van der Waals surface area (Å²) in [7, 11) is 0. The van der Waals surface area contributed by atoms with E-state index in [0.717, 1.165) is 31.2 Å². The van der Waals surface area contributed by atoms with Crippen molar-refractivity contribution in [3.63, 3.8) is 0 Å². The standard InChI is InChI=1S/C19H26N2O3/c22-18(20-17-10-4-5-11-17)16-9-6-12-21(13-16)19(23)24-14-15-7-2-1-3-8-15/h1-3,7-8,16-17H,4-6,9-14H2,(H,20,22). The van der Waals surface area contributed by atoms with Crippen molar-refractivity contribution in [1.29, 1.82) is 0 Å². The molecule has 0 radical (unpaired) electrons. The lowest BCUT2D eigenvalue weighted by atomic mass is 9.97. The van der Waals surface area contributed by atoms with Gasteiger partial charge in [0.15, 0.2) is 0 Å². The fourth-order valence-corrected chi connectivity index (χ4v) is 3.56. The Morgan fingerprint density at radius 2 is 1.83 bits per heavy atom. The van der Waals surface area contributed by atoms with Crippen molar-refractivity contribution in [3.8, 4) is 0 Å². The second kappa shape index (κ2) is 8.18. The maximum Gasteiger partial charge on any atom is 0.410 e. The smallest absolute Gasteiger partial charge is 0.410 e. The molecule has 1 heterocycles. The Morgan fingerprint density at radius 1 is 1.08 bits per heavy atom. The first-order chi connectivity index (χ1) is 11.7. The zero-order chi connectivity index (χ0) is 16.8. The van der Waals surface area contributed by atoms with E-state index in [4.69, 9.17) is 4.74 Å². The number of ether oxygens (including phenoxy) is 1. The van der Waals surface area contributed by atoms with Gasteiger partial charge in [-0.15, -0.1) is 0 Å². The summed E-state index contributed by atoms with van der Waals surface area (Å²) >= 11 is 0. The van der Waals surface area contributed by atoms with Crippen LogP contribution in [0, 0.1) is 5.92 Å². The van der Waals surface area contributed by atoms with E-state index in [2.05, 4.69) is 5.32 Å². The number of benzene rings is 1. The van der Waals surface area contributed by atoms with Gasteiger partial charge in [-0.2, -0.15) is 0 Å². The summed E-state index contributed by atoms with van der Waals surface area (Å²) in [6.45, 7) is 1.40. The number of rotatable bonds is 4. The van der Waals surface area contributed by atoms with Gasteiger partial charge in [-0.3, -0.25) is 4.79 Å². The van der Waals surface area contributed by atoms with E-state index in [0.29, 0.717) is 19.1 Å². The number of nitrogens with zero attached hydrogens (tertiary/aromatic N) is 1. The summed E-state index contributed by atoms with van der Waals surface area (Å²) in [6.07, 6.45) is 5.95. The Morgan fingerprint density at radius 3 is 2.58 bits per heavy atom. The highest BCUT2D eigenvalue weighted by Gasteiger charge is 2.30. The Hall–Kier alpha value is -2.04. The molecule has 2 fully saturated rings. The Balaban J connectivity index is 1.47. The molecule has 1 aliphatic heterocycles. The molecule has 3 rings (SSSR count). The molecule has 1 saturated heterocycles. The van der Waals surface area contributed by atoms with Crippen LogP contribution in [-0.4, -0.2) is 36.0 Å². The van der Waals surface area contributed by atoms with Crippen molar-refractivity contribution in [1.82, 2.24) is 10.2 Å². The van der Waals surface area contributed by atoms with Gasteiger partial charge in [-0.1, -0.05) is 43.2 Å². The Labute approximate surface area is 143 Å². The molecule has 1 aromatic rings. The van der Waals surface area contributed by atoms with Gasteiger partial charge in [0.05, 0.1) is 5.92 Å². The molecule has 1 aromatic carbocycles. The van der Waals surface area contributed by atoms with Crippen molar-refractivity contribution in [2.45, 2.75) is 51.2 Å². The number of carbonyl (C=O) groups excluding carboxylic acids is 2. The number of carbonyl (C=O) groups is 2. The third-order valence-electron chi connectivity index (χ3n) is 4.96. The largest absolute Gasteiger partial charge is 0.445 e. The second-order valence-electron chi connectivity index (χ2n) is 6.82. The van der Waals surface area contributed by atoms with Crippen molar-refractivity contribution < 1.29 is 14.3 Å². The number of hydrogen-bond donors (Lipinski definition) is 1. The van der Waals surface area contributed by atoms with Gasteiger partial charge in [0.25, 0.3) is 0 Å². The van der Waals surface area contributed by atoms with Crippen LogP contribution in [-0.2, 0) is 16.1 Å². The van der Waals surface area contributed by atoms with Crippen molar-refractivity contribution in [2.75, 3.05) is 13.1 Å². The quantitative estimate of drug-likeness (QED) is 0.923. The highest BCUT2D eigenvalue weighted by molar-refractivity contribution is 5.80. The first-order valence-electron chi connectivity index (χ1n) is 8.98. The van der Waals surface area contributed by atoms with Crippen molar-refractivity contribution >= 4 is 12.0 Å². The van der Waals surface area contributed by atoms with Crippen LogP contribution in [0.5, 0.6) is 0 Å². The maximum absolute atomic E-state index is 12.4. The average Bonchev–Trinajstić information content (AvgIpc) is 3.13. The molecule has 1 aliphatic carbocycles. The molecular weight excluding hydrogens is 304 g/mol. The fraction of sp³-hybridized carbons (Fsp3) is 0.579. The summed E-state index contributed by atoms with van der Waals surface area (Å²) in [5.41, 5.74) is 0.971. The molecule has 0 spiro atoms. The monoisotopic (exact) mass is 330 g/mol. The van der Waals surface area contributed by atoms with Crippen LogP contribution >= 0.6 is 0 Å². The van der Waals surface area contributed by atoms with Crippen LogP contribution in [0.25, 0.3) is 0 Å². The molecule has 24 heavy (non-hydrogen) atoms. The predicted molar refractivity (Wildman–Crippen MR) is 91.3 cm³/mol. The topological polar surface area (TPSA) is 58.6 Å². The third kappa shape index (κ3) is 4.49. The summed E-state index contributed by atoms with van der Waals surface area (Å²) in [6, 6.07) is 9.98. The second-order valence-corrected chi connectivity index (χ2v) is 6.82. The number of piperidine rings is 1. The van der Waals surface area contributed by atoms with Crippen LogP contribution in [0.15, 0.2) is 30.3 Å². The van der Waals surface area contributed by atoms with Crippen molar-refractivity contribution in [2.24, 2.45) is 5.92 Å². The van der Waals surface area contributed by atoms with E-state index in [1.54, 1.807) is 4.90 Å². The first-order valence-corrected chi connectivity index (χ1v) is 8.98. The van der Waals surface area contributed by atoms with E-state index in [9.17, 15) is 9.59 Å². The molecule has 1 atom stereocenters. The molecule has 5 heteroatoms. The van der Waals surface area contributed by atoms with E-state index < -0.39 is 0 Å². The SMILES string of the molecule is O=C(NC1CCCC1)C1CCCN(C(=O)OCc2ccccc2)C1. The molecule has 1 saturated carbocycles. The zero-order valence-electron chi connectivity index (χ0n) is 14.1. The highest BCUT2D eigenvalue weighted by Crippen LogP contribution is 2.21. The molecule has 1 unspecified atom stereocenters. The Kier molecular flexibility index (Phi) is 5.72. The fourth-order valence-electron chi connectivity index (χ4n) is 3.56. The molecule has 2 amide bonds. The lowest BCUT2D eigenvalue weighted by Crippen LogP contribution is -2.47. The number of nitrogens with one attached hydrogen (secondary N) is 1. The van der Waals surface area contributed by atoms with Gasteiger partial charge in [0.1, 0.15) is 6.61 Å². The molecule has 0 bridgehead atoms. The van der Waals surface area contributed by atoms with Crippen LogP contribution < -0.4 is 5.32 Å². The van der Waals surface area contributed by atoms with Gasteiger partial charge in [-0.05, 0) is 31.2 Å². The van der Waals surface area contributed by atoms with Crippen LogP contribution in [0.1, 0.15) is 44.1 Å². The molecule has 0 aromatic heterocycles. The minimum absolute atomic E-state index is 0.0995. The summed E-state index contributed by atoms with van der Waals surface area (Å²) < 4.78 is 5.38. The summed E-state index contributed by atoms with van der Waals surface area (Å²) in [5, 5.41) is 3.15. The summed E-state index contributed by atoms with van der Waals surface area (Å²) in [4.78, 5) is 26.3. The maximum atomic E-state index is 12.4. The van der Waals surface area contributed by atoms with Crippen LogP contribution in [0.2, 0.25) is 0 Å². The van der Waals surface area contributed by atoms with E-state index in [1.807, 2.05) is 30.3 Å². The lowest BCUT2D eigenvalue weighted by Gasteiger charge is -2.32. The number of likely N-dealkylation sites (tertiary alicyclic amines) is 1. The first kappa shape index (κ1) is 16.8. The third-order valence-corrected chi connectivity index (χ3v) is 4.96. The van der Waals surface area contributed by atoms with Crippen LogP contribution in [0.4, 0.5) is 4.79 Å². The van der Waals surface area contributed by atoms with Gasteiger partial charge < -0.3 is 15.0 Å². The lowest BCUT2D eigenvalue weighted by molar-refractivity contribution is -0.127. The zero-order valence-corrected chi connectivity index (χ0v) is 14.1. The summed E-state index contributed by atoms with van der Waals surface area (Å²) in [5.74, 6) is -0.00825. The Bertz CT molecular complexity index is 555. The number of amides is 2. The molecule has 5 nitrogen and oxygen atoms in total. The molecule has 2 aliphatic rings. The normalized spacial score (nSPS) is 21.5.